The van der Waals surface area contributed by atoms with Gasteiger partial charge in [0.25, 0.3) is 0 Å². The molecule has 2 aromatic rings. The number of carbonyl (C=O) groups is 2. The highest BCUT2D eigenvalue weighted by atomic mass is 127. The van der Waals surface area contributed by atoms with E-state index in [0.29, 0.717) is 16.9 Å². The van der Waals surface area contributed by atoms with E-state index in [0.717, 1.165) is 3.57 Å². The topological polar surface area (TPSA) is 58.2 Å². The van der Waals surface area contributed by atoms with Crippen LogP contribution < -0.4 is 10.6 Å². The number of fused-ring (bicyclic) bond motifs is 1. The third kappa shape index (κ3) is 3.11. The summed E-state index contributed by atoms with van der Waals surface area (Å²) in [6.07, 6.45) is 0.0504. The average molecular weight is 410 g/mol. The largest absolute Gasteiger partial charge is 0.326 e. The van der Waals surface area contributed by atoms with Crippen molar-refractivity contribution in [1.82, 2.24) is 0 Å². The maximum Gasteiger partial charge on any atom is 0.232 e. The smallest absolute Gasteiger partial charge is 0.232 e. The van der Waals surface area contributed by atoms with Gasteiger partial charge in [-0.15, -0.1) is 0 Å². The van der Waals surface area contributed by atoms with Crippen molar-refractivity contribution in [3.63, 3.8) is 0 Å². The van der Waals surface area contributed by atoms with Crippen molar-refractivity contribution in [3.05, 3.63) is 57.4 Å². The Morgan fingerprint density at radius 3 is 2.68 bits per heavy atom. The minimum absolute atomic E-state index is 0.0504. The molecule has 4 nitrogen and oxygen atoms in total. The van der Waals surface area contributed by atoms with Gasteiger partial charge in [0, 0.05) is 21.4 Å². The Morgan fingerprint density at radius 2 is 1.95 bits per heavy atom. The van der Waals surface area contributed by atoms with Gasteiger partial charge in [0.2, 0.25) is 11.8 Å². The first-order chi connectivity index (χ1) is 10.5. The summed E-state index contributed by atoms with van der Waals surface area (Å²) in [6, 6.07) is 11.4. The van der Waals surface area contributed by atoms with Crippen molar-refractivity contribution in [2.45, 2.75) is 12.3 Å². The molecule has 2 amide bonds. The zero-order valence-electron chi connectivity index (χ0n) is 11.4. The van der Waals surface area contributed by atoms with Gasteiger partial charge in [-0.1, -0.05) is 6.07 Å². The Hall–Kier alpha value is -1.96. The van der Waals surface area contributed by atoms with E-state index >= 15 is 0 Å². The second kappa shape index (κ2) is 6.04. The molecular formula is C16H12FIN2O2. The molecule has 22 heavy (non-hydrogen) atoms. The summed E-state index contributed by atoms with van der Waals surface area (Å²) >= 11 is 2.18. The van der Waals surface area contributed by atoms with E-state index < -0.39 is 11.7 Å². The lowest BCUT2D eigenvalue weighted by Crippen LogP contribution is -2.30. The van der Waals surface area contributed by atoms with Crippen molar-refractivity contribution in [1.29, 1.82) is 0 Å². The van der Waals surface area contributed by atoms with E-state index in [4.69, 9.17) is 0 Å². The lowest BCUT2D eigenvalue weighted by Gasteiger charge is -2.24. The number of benzene rings is 2. The van der Waals surface area contributed by atoms with E-state index in [1.54, 1.807) is 18.2 Å². The van der Waals surface area contributed by atoms with Crippen LogP contribution in [0.3, 0.4) is 0 Å². The molecule has 3 rings (SSSR count). The molecule has 1 aliphatic rings. The number of anilines is 2. The van der Waals surface area contributed by atoms with Crippen LogP contribution in [0, 0.1) is 9.39 Å². The predicted octanol–water partition coefficient (Wildman–Crippen LogP) is 3.49. The number of nitrogens with one attached hydrogen (secondary N) is 2. The summed E-state index contributed by atoms with van der Waals surface area (Å²) in [7, 11) is 0. The first kappa shape index (κ1) is 15.0. The summed E-state index contributed by atoms with van der Waals surface area (Å²) < 4.78 is 14.3. The average Bonchev–Trinajstić information content (AvgIpc) is 2.48. The Kier molecular flexibility index (Phi) is 4.10. The maximum absolute atomic E-state index is 13.3. The highest BCUT2D eigenvalue weighted by molar-refractivity contribution is 14.1. The van der Waals surface area contributed by atoms with Crippen LogP contribution in [-0.4, -0.2) is 11.8 Å². The quantitative estimate of drug-likeness (QED) is 0.745. The van der Waals surface area contributed by atoms with Crippen molar-refractivity contribution < 1.29 is 14.0 Å². The fourth-order valence-electron chi connectivity index (χ4n) is 2.43. The molecule has 0 unspecified atom stereocenters. The van der Waals surface area contributed by atoms with Gasteiger partial charge in [0.15, 0.2) is 0 Å². The summed E-state index contributed by atoms with van der Waals surface area (Å²) in [5.41, 5.74) is 1.66. The fourth-order valence-corrected chi connectivity index (χ4v) is 2.79. The normalized spacial score (nSPS) is 16.6. The number of rotatable bonds is 2. The summed E-state index contributed by atoms with van der Waals surface area (Å²) in [5, 5.41) is 5.40. The van der Waals surface area contributed by atoms with Crippen LogP contribution in [0.2, 0.25) is 0 Å². The first-order valence-corrected chi connectivity index (χ1v) is 7.76. The minimum atomic E-state index is -0.622. The van der Waals surface area contributed by atoms with Gasteiger partial charge in [-0.05, 0) is 64.6 Å². The number of hydrogen-bond donors (Lipinski definition) is 2. The zero-order valence-corrected chi connectivity index (χ0v) is 13.6. The first-order valence-electron chi connectivity index (χ1n) is 6.68. The molecule has 6 heteroatoms. The second-order valence-corrected chi connectivity index (χ2v) is 6.28. The highest BCUT2D eigenvalue weighted by Crippen LogP contribution is 2.33. The fraction of sp³-hybridized carbons (Fsp3) is 0.125. The lowest BCUT2D eigenvalue weighted by molar-refractivity contribution is -0.123. The molecule has 112 valence electrons. The maximum atomic E-state index is 13.3. The van der Waals surface area contributed by atoms with Crippen LogP contribution >= 0.6 is 22.6 Å². The predicted molar refractivity (Wildman–Crippen MR) is 90.2 cm³/mol. The van der Waals surface area contributed by atoms with Crippen molar-refractivity contribution >= 4 is 45.8 Å². The highest BCUT2D eigenvalue weighted by Gasteiger charge is 2.30. The van der Waals surface area contributed by atoms with Gasteiger partial charge >= 0.3 is 0 Å². The van der Waals surface area contributed by atoms with Crippen LogP contribution in [0.15, 0.2) is 42.5 Å². The van der Waals surface area contributed by atoms with Gasteiger partial charge < -0.3 is 10.6 Å². The molecule has 1 atom stereocenters. The van der Waals surface area contributed by atoms with E-state index in [-0.39, 0.29) is 18.2 Å². The van der Waals surface area contributed by atoms with Crippen LogP contribution in [0.5, 0.6) is 0 Å². The SMILES string of the molecule is O=C1C[C@@H](C(=O)Nc2ccc(I)cc2)c2ccc(F)cc2N1. The molecule has 0 saturated carbocycles. The Balaban J connectivity index is 1.86. The van der Waals surface area contributed by atoms with E-state index in [9.17, 15) is 14.0 Å². The minimum Gasteiger partial charge on any atom is -0.326 e. The van der Waals surface area contributed by atoms with E-state index in [2.05, 4.69) is 33.2 Å². The van der Waals surface area contributed by atoms with Gasteiger partial charge in [0.05, 0.1) is 5.92 Å². The van der Waals surface area contributed by atoms with Gasteiger partial charge in [-0.2, -0.15) is 0 Å². The van der Waals surface area contributed by atoms with Crippen LogP contribution in [0.25, 0.3) is 0 Å². The third-order valence-corrected chi connectivity index (χ3v) is 4.20. The molecular weight excluding hydrogens is 398 g/mol. The van der Waals surface area contributed by atoms with Crippen LogP contribution in [-0.2, 0) is 9.59 Å². The van der Waals surface area contributed by atoms with Gasteiger partial charge in [-0.25, -0.2) is 4.39 Å². The summed E-state index contributed by atoms with van der Waals surface area (Å²) in [6.45, 7) is 0. The second-order valence-electron chi connectivity index (χ2n) is 5.03. The molecule has 2 aromatic carbocycles. The van der Waals surface area contributed by atoms with Crippen molar-refractivity contribution in [2.24, 2.45) is 0 Å². The molecule has 0 radical (unpaired) electrons. The molecule has 0 fully saturated rings. The van der Waals surface area contributed by atoms with E-state index in [1.165, 1.54) is 12.1 Å². The number of carbonyl (C=O) groups excluding carboxylic acids is 2. The monoisotopic (exact) mass is 410 g/mol. The van der Waals surface area contributed by atoms with Crippen LogP contribution in [0.4, 0.5) is 15.8 Å². The van der Waals surface area contributed by atoms with Gasteiger partial charge in [-0.3, -0.25) is 9.59 Å². The standard InChI is InChI=1S/C16H12FIN2O2/c17-9-1-6-12-13(8-15(21)20-14(12)7-9)16(22)19-11-4-2-10(18)3-5-11/h1-7,13H,8H2,(H,19,22)(H,20,21)/t13-/m1/s1. The van der Waals surface area contributed by atoms with Crippen LogP contribution in [0.1, 0.15) is 17.9 Å². The number of hydrogen-bond acceptors (Lipinski definition) is 2. The summed E-state index contributed by atoms with van der Waals surface area (Å²) in [5.74, 6) is -1.63. The zero-order chi connectivity index (χ0) is 15.7. The lowest BCUT2D eigenvalue weighted by atomic mass is 9.89. The molecule has 1 aliphatic heterocycles. The number of amides is 2. The molecule has 0 saturated heterocycles. The van der Waals surface area contributed by atoms with Gasteiger partial charge in [0.1, 0.15) is 5.82 Å². The molecule has 0 aliphatic carbocycles. The molecule has 0 aromatic heterocycles. The molecule has 0 bridgehead atoms. The molecule has 0 spiro atoms. The molecule has 2 N–H and O–H groups in total. The van der Waals surface area contributed by atoms with Crippen molar-refractivity contribution in [3.8, 4) is 0 Å². The van der Waals surface area contributed by atoms with E-state index in [1.807, 2.05) is 12.1 Å². The Bertz CT molecular complexity index is 746. The number of halogens is 2. The summed E-state index contributed by atoms with van der Waals surface area (Å²) in [4.78, 5) is 24.2. The Morgan fingerprint density at radius 1 is 1.23 bits per heavy atom. The Labute approximate surface area is 140 Å². The van der Waals surface area contributed by atoms with Crippen molar-refractivity contribution in [2.75, 3.05) is 10.6 Å². The molecule has 1 heterocycles. The third-order valence-electron chi connectivity index (χ3n) is 3.48.